The molecular formula is C20H18N2O3S. The predicted molar refractivity (Wildman–Crippen MR) is 100 cm³/mol. The van der Waals surface area contributed by atoms with E-state index in [2.05, 4.69) is 10.3 Å². The largest absolute Gasteiger partial charge is 0.452 e. The van der Waals surface area contributed by atoms with Gasteiger partial charge in [-0.25, -0.2) is 4.79 Å². The van der Waals surface area contributed by atoms with Gasteiger partial charge in [0, 0.05) is 16.0 Å². The molecule has 0 radical (unpaired) electrons. The minimum atomic E-state index is -0.451. The molecule has 1 aliphatic carbocycles. The highest BCUT2D eigenvalue weighted by molar-refractivity contribution is 7.09. The number of ether oxygens (including phenoxy) is 1. The van der Waals surface area contributed by atoms with Gasteiger partial charge in [-0.15, -0.1) is 11.3 Å². The van der Waals surface area contributed by atoms with Crippen LogP contribution in [0.5, 0.6) is 0 Å². The maximum absolute atomic E-state index is 12.7. The highest BCUT2D eigenvalue weighted by Gasteiger charge is 2.25. The van der Waals surface area contributed by atoms with Crippen LogP contribution in [0.1, 0.15) is 32.9 Å². The van der Waals surface area contributed by atoms with Crippen molar-refractivity contribution < 1.29 is 14.3 Å². The second kappa shape index (κ2) is 7.25. The van der Waals surface area contributed by atoms with E-state index in [9.17, 15) is 9.59 Å². The summed E-state index contributed by atoms with van der Waals surface area (Å²) in [6.45, 7) is 0.164. The molecule has 3 aromatic rings. The molecule has 0 bridgehead atoms. The van der Waals surface area contributed by atoms with E-state index in [0.29, 0.717) is 12.1 Å². The predicted octanol–water partition coefficient (Wildman–Crippen LogP) is 3.26. The van der Waals surface area contributed by atoms with Gasteiger partial charge in [0.15, 0.2) is 6.61 Å². The van der Waals surface area contributed by atoms with Gasteiger partial charge in [0.25, 0.3) is 5.91 Å². The molecule has 26 heavy (non-hydrogen) atoms. The highest BCUT2D eigenvalue weighted by atomic mass is 32.1. The summed E-state index contributed by atoms with van der Waals surface area (Å²) < 4.78 is 5.32. The van der Waals surface area contributed by atoms with Gasteiger partial charge < -0.3 is 10.1 Å². The molecule has 6 heteroatoms. The van der Waals surface area contributed by atoms with E-state index in [-0.39, 0.29) is 12.5 Å². The molecular weight excluding hydrogens is 348 g/mol. The van der Waals surface area contributed by atoms with Crippen molar-refractivity contribution in [3.63, 3.8) is 0 Å². The van der Waals surface area contributed by atoms with E-state index in [1.807, 2.05) is 41.8 Å². The number of esters is 1. The summed E-state index contributed by atoms with van der Waals surface area (Å²) in [4.78, 5) is 30.4. The zero-order valence-corrected chi connectivity index (χ0v) is 15.0. The van der Waals surface area contributed by atoms with Gasteiger partial charge in [0.1, 0.15) is 0 Å². The van der Waals surface area contributed by atoms with Crippen molar-refractivity contribution in [1.29, 1.82) is 0 Å². The van der Waals surface area contributed by atoms with Crippen molar-refractivity contribution in [3.8, 4) is 0 Å². The number of para-hydroxylation sites is 1. The van der Waals surface area contributed by atoms with Crippen LogP contribution in [0.15, 0.2) is 41.8 Å². The lowest BCUT2D eigenvalue weighted by Gasteiger charge is -2.12. The average molecular weight is 366 g/mol. The molecule has 1 aliphatic rings. The number of amides is 1. The van der Waals surface area contributed by atoms with Crippen molar-refractivity contribution in [1.82, 2.24) is 10.3 Å². The Morgan fingerprint density at radius 3 is 2.88 bits per heavy atom. The van der Waals surface area contributed by atoms with Crippen LogP contribution >= 0.6 is 11.3 Å². The lowest BCUT2D eigenvalue weighted by atomic mass is 10.0. The first kappa shape index (κ1) is 16.7. The van der Waals surface area contributed by atoms with Gasteiger partial charge in [-0.05, 0) is 42.3 Å². The minimum absolute atomic E-state index is 0.282. The van der Waals surface area contributed by atoms with Crippen molar-refractivity contribution in [2.24, 2.45) is 0 Å². The summed E-state index contributed by atoms with van der Waals surface area (Å²) in [7, 11) is 0. The molecule has 0 spiro atoms. The number of pyridine rings is 1. The van der Waals surface area contributed by atoms with Crippen LogP contribution in [0.25, 0.3) is 10.9 Å². The van der Waals surface area contributed by atoms with Crippen molar-refractivity contribution in [2.45, 2.75) is 25.8 Å². The van der Waals surface area contributed by atoms with Crippen LogP contribution in [0, 0.1) is 0 Å². The fraction of sp³-hybridized carbons (Fsp3) is 0.250. The van der Waals surface area contributed by atoms with Gasteiger partial charge in [-0.3, -0.25) is 9.78 Å². The number of carbonyl (C=O) groups is 2. The lowest BCUT2D eigenvalue weighted by Crippen LogP contribution is -2.28. The Bertz CT molecular complexity index is 967. The fourth-order valence-corrected chi connectivity index (χ4v) is 3.94. The molecule has 1 N–H and O–H groups in total. The fourth-order valence-electron chi connectivity index (χ4n) is 3.30. The zero-order valence-electron chi connectivity index (χ0n) is 14.2. The van der Waals surface area contributed by atoms with Crippen LogP contribution in [0.4, 0.5) is 0 Å². The number of hydrogen-bond acceptors (Lipinski definition) is 5. The Morgan fingerprint density at radius 2 is 2.04 bits per heavy atom. The second-order valence-electron chi connectivity index (χ2n) is 6.21. The number of carbonyl (C=O) groups excluding carboxylic acids is 2. The first-order valence-electron chi connectivity index (χ1n) is 8.59. The number of fused-ring (bicyclic) bond motifs is 2. The second-order valence-corrected chi connectivity index (χ2v) is 7.25. The number of rotatable bonds is 5. The van der Waals surface area contributed by atoms with E-state index >= 15 is 0 Å². The molecule has 0 saturated heterocycles. The molecule has 0 aliphatic heterocycles. The van der Waals surface area contributed by atoms with E-state index in [4.69, 9.17) is 4.74 Å². The van der Waals surface area contributed by atoms with Gasteiger partial charge >= 0.3 is 5.97 Å². The van der Waals surface area contributed by atoms with Crippen LogP contribution < -0.4 is 5.32 Å². The summed E-state index contributed by atoms with van der Waals surface area (Å²) in [5, 5.41) is 5.51. The average Bonchev–Trinajstić information content (AvgIpc) is 3.33. The maximum Gasteiger partial charge on any atom is 0.339 e. The summed E-state index contributed by atoms with van der Waals surface area (Å²) in [5.41, 5.74) is 3.29. The Kier molecular flexibility index (Phi) is 4.67. The van der Waals surface area contributed by atoms with Crippen molar-refractivity contribution in [2.75, 3.05) is 6.61 Å². The first-order chi connectivity index (χ1) is 12.7. The Labute approximate surface area is 155 Å². The van der Waals surface area contributed by atoms with Crippen molar-refractivity contribution >= 4 is 34.1 Å². The molecule has 0 saturated carbocycles. The smallest absolute Gasteiger partial charge is 0.339 e. The van der Waals surface area contributed by atoms with Crippen molar-refractivity contribution in [3.05, 3.63) is 63.5 Å². The summed E-state index contributed by atoms with van der Waals surface area (Å²) in [6.07, 6.45) is 2.68. The molecule has 4 rings (SSSR count). The monoisotopic (exact) mass is 366 g/mol. The maximum atomic E-state index is 12.7. The molecule has 5 nitrogen and oxygen atoms in total. The molecule has 0 fully saturated rings. The molecule has 1 aromatic carbocycles. The molecule has 2 heterocycles. The standard InChI is InChI=1S/C20H18N2O3S/c23-18(21-11-13-5-4-10-26-13)12-25-20(24)19-14-6-1-2-8-16(14)22-17-9-3-7-15(17)19/h1-2,4-6,8,10H,3,7,9,11-12H2,(H,21,23). The van der Waals surface area contributed by atoms with E-state index in [1.165, 1.54) is 0 Å². The number of benzene rings is 1. The molecule has 132 valence electrons. The van der Waals surface area contributed by atoms with Crippen LogP contribution in [0.3, 0.4) is 0 Å². The zero-order chi connectivity index (χ0) is 17.9. The third kappa shape index (κ3) is 3.32. The Balaban J connectivity index is 1.49. The Hall–Kier alpha value is -2.73. The molecule has 0 unspecified atom stereocenters. The molecule has 0 atom stereocenters. The Morgan fingerprint density at radius 1 is 1.15 bits per heavy atom. The normalized spacial score (nSPS) is 12.8. The number of aromatic nitrogens is 1. The third-order valence-corrected chi connectivity index (χ3v) is 5.37. The SMILES string of the molecule is O=C(COC(=O)c1c2c(nc3ccccc13)CCC2)NCc1cccs1. The first-order valence-corrected chi connectivity index (χ1v) is 9.47. The van der Waals surface area contributed by atoms with Crippen LogP contribution in [-0.4, -0.2) is 23.5 Å². The number of hydrogen-bond donors (Lipinski definition) is 1. The summed E-state index contributed by atoms with van der Waals surface area (Å²) in [6, 6.07) is 11.5. The number of nitrogens with one attached hydrogen (secondary N) is 1. The number of thiophene rings is 1. The highest BCUT2D eigenvalue weighted by Crippen LogP contribution is 2.30. The number of aryl methyl sites for hydroxylation is 1. The topological polar surface area (TPSA) is 68.3 Å². The van der Waals surface area contributed by atoms with Gasteiger partial charge in [0.2, 0.25) is 0 Å². The molecule has 1 amide bonds. The lowest BCUT2D eigenvalue weighted by molar-refractivity contribution is -0.124. The molecule has 2 aromatic heterocycles. The summed E-state index contributed by atoms with van der Waals surface area (Å²) in [5.74, 6) is -0.755. The van der Waals surface area contributed by atoms with Crippen LogP contribution in [0.2, 0.25) is 0 Å². The summed E-state index contributed by atoms with van der Waals surface area (Å²) >= 11 is 1.57. The van der Waals surface area contributed by atoms with Gasteiger partial charge in [-0.1, -0.05) is 24.3 Å². The minimum Gasteiger partial charge on any atom is -0.452 e. The quantitative estimate of drug-likeness (QED) is 0.704. The van der Waals surface area contributed by atoms with E-state index in [1.54, 1.807) is 11.3 Å². The van der Waals surface area contributed by atoms with Crippen LogP contribution in [-0.2, 0) is 28.9 Å². The van der Waals surface area contributed by atoms with E-state index in [0.717, 1.165) is 46.3 Å². The van der Waals surface area contributed by atoms with E-state index < -0.39 is 5.97 Å². The number of nitrogens with zero attached hydrogens (tertiary/aromatic N) is 1. The van der Waals surface area contributed by atoms with Gasteiger partial charge in [0.05, 0.1) is 17.6 Å². The third-order valence-electron chi connectivity index (χ3n) is 4.50. The van der Waals surface area contributed by atoms with Gasteiger partial charge in [-0.2, -0.15) is 0 Å².